The highest BCUT2D eigenvalue weighted by atomic mass is 32.1. The maximum atomic E-state index is 10.9. The predicted octanol–water partition coefficient (Wildman–Crippen LogP) is 2.41. The predicted molar refractivity (Wildman–Crippen MR) is 96.8 cm³/mol. The Bertz CT molecular complexity index is 1020. The molecule has 0 saturated heterocycles. The molecule has 9 heteroatoms. The number of imidazole rings is 1. The fourth-order valence-corrected chi connectivity index (χ4v) is 3.87. The number of ether oxygens (including phenoxy) is 1. The summed E-state index contributed by atoms with van der Waals surface area (Å²) in [5, 5.41) is 19.2. The van der Waals surface area contributed by atoms with Gasteiger partial charge in [-0.15, -0.1) is 16.4 Å². The first-order valence-corrected chi connectivity index (χ1v) is 9.16. The fourth-order valence-electron chi connectivity index (χ4n) is 2.80. The molecule has 4 aromatic rings. The lowest BCUT2D eigenvalue weighted by molar-refractivity contribution is 0.208. The van der Waals surface area contributed by atoms with Crippen LogP contribution in [0.15, 0.2) is 37.1 Å². The van der Waals surface area contributed by atoms with Crippen LogP contribution >= 0.6 is 11.3 Å². The minimum Gasteiger partial charge on any atom is -0.478 e. The summed E-state index contributed by atoms with van der Waals surface area (Å²) in [5.74, 6) is 0.560. The van der Waals surface area contributed by atoms with E-state index in [1.165, 1.54) is 0 Å². The largest absolute Gasteiger partial charge is 0.478 e. The van der Waals surface area contributed by atoms with Gasteiger partial charge in [0.25, 0.3) is 0 Å². The monoisotopic (exact) mass is 370 g/mol. The second-order valence-electron chi connectivity index (χ2n) is 5.64. The molecule has 0 aliphatic heterocycles. The molecule has 0 fully saturated rings. The van der Waals surface area contributed by atoms with Crippen LogP contribution in [-0.2, 0) is 6.42 Å². The van der Waals surface area contributed by atoms with E-state index in [1.54, 1.807) is 47.0 Å². The molecule has 0 spiro atoms. The van der Waals surface area contributed by atoms with Crippen LogP contribution in [-0.4, -0.2) is 41.1 Å². The molecular formula is C17H18N6O2S. The Morgan fingerprint density at radius 1 is 1.27 bits per heavy atom. The zero-order valence-electron chi connectivity index (χ0n) is 14.4. The van der Waals surface area contributed by atoms with E-state index >= 15 is 0 Å². The van der Waals surface area contributed by atoms with Crippen LogP contribution in [0, 0.1) is 0 Å². The van der Waals surface area contributed by atoms with Crippen molar-refractivity contribution in [3.8, 4) is 11.6 Å². The Kier molecular flexibility index (Phi) is 4.39. The molecule has 4 heterocycles. The summed E-state index contributed by atoms with van der Waals surface area (Å²) in [4.78, 5) is 10.5. The molecule has 4 rings (SSSR count). The number of aromatic nitrogens is 6. The summed E-state index contributed by atoms with van der Waals surface area (Å²) in [6, 6.07) is 3.62. The normalized spacial score (nSPS) is 12.6. The van der Waals surface area contributed by atoms with Gasteiger partial charge in [-0.1, -0.05) is 12.1 Å². The van der Waals surface area contributed by atoms with Crippen molar-refractivity contribution in [2.75, 3.05) is 6.61 Å². The number of aliphatic hydroxyl groups is 1. The van der Waals surface area contributed by atoms with Crippen LogP contribution in [0.1, 0.15) is 36.2 Å². The molecule has 0 aromatic carbocycles. The number of aryl methyl sites for hydroxylation is 1. The molecule has 0 saturated carbocycles. The van der Waals surface area contributed by atoms with Crippen LogP contribution in [0.2, 0.25) is 0 Å². The topological polar surface area (TPSA) is 90.4 Å². The van der Waals surface area contributed by atoms with E-state index in [9.17, 15) is 5.11 Å². The van der Waals surface area contributed by atoms with Crippen molar-refractivity contribution in [3.63, 3.8) is 0 Å². The summed E-state index contributed by atoms with van der Waals surface area (Å²) in [6.45, 7) is 4.54. The van der Waals surface area contributed by atoms with Gasteiger partial charge in [0.05, 0.1) is 36.6 Å². The summed E-state index contributed by atoms with van der Waals surface area (Å²) in [6.07, 6.45) is 6.83. The van der Waals surface area contributed by atoms with E-state index in [0.717, 1.165) is 27.5 Å². The van der Waals surface area contributed by atoms with Gasteiger partial charge in [-0.25, -0.2) is 14.6 Å². The van der Waals surface area contributed by atoms with Crippen molar-refractivity contribution in [3.05, 3.63) is 53.3 Å². The van der Waals surface area contributed by atoms with Crippen LogP contribution in [0.4, 0.5) is 0 Å². The van der Waals surface area contributed by atoms with Gasteiger partial charge in [-0.2, -0.15) is 0 Å². The molecule has 8 nitrogen and oxygen atoms in total. The van der Waals surface area contributed by atoms with Gasteiger partial charge in [-0.3, -0.25) is 4.40 Å². The number of hydrogen-bond donors (Lipinski definition) is 1. The number of fused-ring (bicyclic) bond motifs is 1. The van der Waals surface area contributed by atoms with Crippen LogP contribution in [0.5, 0.6) is 5.88 Å². The van der Waals surface area contributed by atoms with Crippen LogP contribution < -0.4 is 4.74 Å². The molecule has 4 aromatic heterocycles. The molecule has 26 heavy (non-hydrogen) atoms. The summed E-state index contributed by atoms with van der Waals surface area (Å²) in [5.41, 5.74) is 2.01. The average molecular weight is 370 g/mol. The quantitative estimate of drug-likeness (QED) is 0.560. The first kappa shape index (κ1) is 16.7. The van der Waals surface area contributed by atoms with Gasteiger partial charge in [-0.05, 0) is 19.4 Å². The molecule has 0 aliphatic carbocycles. The second kappa shape index (κ2) is 6.85. The smallest absolute Gasteiger partial charge is 0.213 e. The number of aliphatic hydroxyl groups excluding tert-OH is 1. The van der Waals surface area contributed by atoms with Gasteiger partial charge in [0.15, 0.2) is 0 Å². The van der Waals surface area contributed by atoms with Crippen LogP contribution in [0.3, 0.4) is 0 Å². The Balaban J connectivity index is 1.65. The third kappa shape index (κ3) is 2.85. The highest BCUT2D eigenvalue weighted by Crippen LogP contribution is 2.31. The Hall–Kier alpha value is -2.78. The number of nitrogens with zero attached hydrogens (tertiary/aromatic N) is 6. The second-order valence-corrected chi connectivity index (χ2v) is 6.76. The Labute approximate surface area is 153 Å². The number of thiazole rings is 1. The third-order valence-electron chi connectivity index (χ3n) is 4.03. The van der Waals surface area contributed by atoms with Crippen molar-refractivity contribution in [1.29, 1.82) is 0 Å². The van der Waals surface area contributed by atoms with Crippen molar-refractivity contribution in [1.82, 2.24) is 29.4 Å². The van der Waals surface area contributed by atoms with Crippen molar-refractivity contribution >= 4 is 16.2 Å². The minimum absolute atomic E-state index is 0.474. The fraction of sp³-hybridized carbons (Fsp3) is 0.294. The molecular weight excluding hydrogens is 352 g/mol. The van der Waals surface area contributed by atoms with Gasteiger partial charge in [0.1, 0.15) is 23.0 Å². The molecule has 0 amide bonds. The van der Waals surface area contributed by atoms with E-state index in [4.69, 9.17) is 4.74 Å². The first-order chi connectivity index (χ1) is 12.7. The summed E-state index contributed by atoms with van der Waals surface area (Å²) in [7, 11) is 0. The maximum absolute atomic E-state index is 10.9. The van der Waals surface area contributed by atoms with E-state index < -0.39 is 6.10 Å². The molecule has 1 atom stereocenters. The van der Waals surface area contributed by atoms with Crippen LogP contribution in [0.25, 0.3) is 10.5 Å². The first-order valence-electron chi connectivity index (χ1n) is 8.34. The SMILES string of the molecule is CCOc1ccc(-n2cc(C(O)c3c(CC)sc4cncn34)nn2)cn1. The van der Waals surface area contributed by atoms with E-state index in [0.29, 0.717) is 18.2 Å². The zero-order valence-corrected chi connectivity index (χ0v) is 15.2. The lowest BCUT2D eigenvalue weighted by Crippen LogP contribution is -2.06. The van der Waals surface area contributed by atoms with Gasteiger partial charge < -0.3 is 9.84 Å². The van der Waals surface area contributed by atoms with Crippen molar-refractivity contribution in [2.24, 2.45) is 0 Å². The van der Waals surface area contributed by atoms with E-state index in [-0.39, 0.29) is 0 Å². The number of hydrogen-bond acceptors (Lipinski definition) is 7. The highest BCUT2D eigenvalue weighted by molar-refractivity contribution is 7.17. The minimum atomic E-state index is -0.877. The molecule has 134 valence electrons. The lowest BCUT2D eigenvalue weighted by atomic mass is 10.1. The molecule has 1 unspecified atom stereocenters. The average Bonchev–Trinajstić information content (AvgIpc) is 3.37. The number of rotatable bonds is 6. The van der Waals surface area contributed by atoms with E-state index in [1.807, 2.05) is 17.4 Å². The van der Waals surface area contributed by atoms with Crippen molar-refractivity contribution < 1.29 is 9.84 Å². The third-order valence-corrected chi connectivity index (χ3v) is 5.28. The molecule has 0 bridgehead atoms. The molecule has 0 radical (unpaired) electrons. The highest BCUT2D eigenvalue weighted by Gasteiger charge is 2.23. The van der Waals surface area contributed by atoms with Gasteiger partial charge in [0, 0.05) is 10.9 Å². The zero-order chi connectivity index (χ0) is 18.1. The van der Waals surface area contributed by atoms with Gasteiger partial charge >= 0.3 is 0 Å². The Morgan fingerprint density at radius 2 is 2.15 bits per heavy atom. The molecule has 1 N–H and O–H groups in total. The maximum Gasteiger partial charge on any atom is 0.213 e. The number of pyridine rings is 1. The summed E-state index contributed by atoms with van der Waals surface area (Å²) >= 11 is 1.62. The summed E-state index contributed by atoms with van der Waals surface area (Å²) < 4.78 is 8.84. The van der Waals surface area contributed by atoms with Crippen molar-refractivity contribution in [2.45, 2.75) is 26.4 Å². The standard InChI is InChI=1S/C17H18N6O2S/c1-3-13-16(22-10-18-8-15(22)26-13)17(24)12-9-23(21-20-12)11-5-6-14(19-7-11)25-4-2/h5-10,17,24H,3-4H2,1-2H3. The van der Waals surface area contributed by atoms with Gasteiger partial charge in [0.2, 0.25) is 5.88 Å². The molecule has 0 aliphatic rings. The Morgan fingerprint density at radius 3 is 2.88 bits per heavy atom. The lowest BCUT2D eigenvalue weighted by Gasteiger charge is -2.08. The van der Waals surface area contributed by atoms with E-state index in [2.05, 4.69) is 27.2 Å².